The zero-order chi connectivity index (χ0) is 25.0. The number of nitrogens with zero attached hydrogens (tertiary/aromatic N) is 1. The van der Waals surface area contributed by atoms with Gasteiger partial charge in [0, 0.05) is 16.7 Å². The highest BCUT2D eigenvalue weighted by atomic mass is 19.3. The summed E-state index contributed by atoms with van der Waals surface area (Å²) in [5, 5.41) is 0. The molecule has 0 aliphatic rings. The molecule has 0 aliphatic carbocycles. The third kappa shape index (κ3) is 7.43. The van der Waals surface area contributed by atoms with Gasteiger partial charge in [-0.05, 0) is 12.5 Å². The lowest BCUT2D eigenvalue weighted by molar-refractivity contribution is -0.145. The second kappa shape index (κ2) is 12.9. The minimum atomic E-state index is -2.18. The highest BCUT2D eigenvalue weighted by molar-refractivity contribution is 6.13. The molecule has 3 rings (SSSR count). The highest BCUT2D eigenvalue weighted by Crippen LogP contribution is 2.24. The molecule has 0 fully saturated rings. The van der Waals surface area contributed by atoms with Gasteiger partial charge in [0.25, 0.3) is 6.08 Å². The van der Waals surface area contributed by atoms with Crippen LogP contribution in [0.3, 0.4) is 0 Å². The molecule has 0 aliphatic heterocycles. The number of carbonyl (C=O) groups is 2. The van der Waals surface area contributed by atoms with Gasteiger partial charge in [0.2, 0.25) is 0 Å². The van der Waals surface area contributed by atoms with E-state index in [2.05, 4.69) is 4.99 Å². The van der Waals surface area contributed by atoms with Crippen LogP contribution in [-0.2, 0) is 25.7 Å². The summed E-state index contributed by atoms with van der Waals surface area (Å²) in [5.41, 5.74) is 1.52. The third-order valence-electron chi connectivity index (χ3n) is 5.01. The summed E-state index contributed by atoms with van der Waals surface area (Å²) in [6.45, 7) is 1.46. The summed E-state index contributed by atoms with van der Waals surface area (Å²) >= 11 is 0. The topological polar surface area (TPSA) is 65.0 Å². The van der Waals surface area contributed by atoms with Gasteiger partial charge >= 0.3 is 11.9 Å². The Kier molecular flexibility index (Phi) is 9.42. The van der Waals surface area contributed by atoms with Crippen LogP contribution in [0.25, 0.3) is 0 Å². The van der Waals surface area contributed by atoms with Gasteiger partial charge in [0.15, 0.2) is 6.04 Å². The molecular formula is C28H25F2NO4. The molecular weight excluding hydrogens is 452 g/mol. The van der Waals surface area contributed by atoms with Crippen molar-refractivity contribution in [2.24, 2.45) is 4.99 Å². The molecule has 7 heteroatoms. The normalized spacial score (nSPS) is 11.2. The van der Waals surface area contributed by atoms with Crippen molar-refractivity contribution in [1.29, 1.82) is 0 Å². The number of rotatable bonds is 10. The Morgan fingerprint density at radius 1 is 0.800 bits per heavy atom. The van der Waals surface area contributed by atoms with E-state index in [4.69, 9.17) is 9.47 Å². The molecule has 35 heavy (non-hydrogen) atoms. The summed E-state index contributed by atoms with van der Waals surface area (Å²) in [5.74, 6) is -1.88. The molecule has 1 atom stereocenters. The second-order valence-electron chi connectivity index (χ2n) is 7.47. The fraction of sp³-hybridized carbons (Fsp3) is 0.179. The van der Waals surface area contributed by atoms with Crippen LogP contribution in [0, 0.1) is 0 Å². The third-order valence-corrected chi connectivity index (χ3v) is 5.01. The molecule has 0 bridgehead atoms. The van der Waals surface area contributed by atoms with E-state index in [0.717, 1.165) is 0 Å². The van der Waals surface area contributed by atoms with Crippen molar-refractivity contribution < 1.29 is 27.8 Å². The average molecular weight is 478 g/mol. The van der Waals surface area contributed by atoms with E-state index < -0.39 is 36.1 Å². The molecule has 0 amide bonds. The van der Waals surface area contributed by atoms with Gasteiger partial charge in [0.1, 0.15) is 6.61 Å². The summed E-state index contributed by atoms with van der Waals surface area (Å²) < 4.78 is 38.5. The van der Waals surface area contributed by atoms with Crippen molar-refractivity contribution in [3.8, 4) is 0 Å². The Hall–Kier alpha value is -4.13. The Labute approximate surface area is 202 Å². The van der Waals surface area contributed by atoms with Crippen molar-refractivity contribution >= 4 is 17.7 Å². The van der Waals surface area contributed by atoms with Crippen LogP contribution in [0.5, 0.6) is 0 Å². The number of halogens is 2. The fourth-order valence-electron chi connectivity index (χ4n) is 3.34. The van der Waals surface area contributed by atoms with Gasteiger partial charge in [-0.15, -0.1) is 0 Å². The Balaban J connectivity index is 1.97. The largest absolute Gasteiger partial charge is 0.464 e. The van der Waals surface area contributed by atoms with Gasteiger partial charge in [0.05, 0.1) is 18.7 Å². The van der Waals surface area contributed by atoms with E-state index in [-0.39, 0.29) is 13.2 Å². The monoisotopic (exact) mass is 477 g/mol. The van der Waals surface area contributed by atoms with Crippen molar-refractivity contribution in [1.82, 2.24) is 0 Å². The minimum Gasteiger partial charge on any atom is -0.464 e. The lowest BCUT2D eigenvalue weighted by atomic mass is 10.00. The smallest absolute Gasteiger partial charge is 0.335 e. The predicted octanol–water partition coefficient (Wildman–Crippen LogP) is 5.74. The van der Waals surface area contributed by atoms with Gasteiger partial charge < -0.3 is 9.47 Å². The molecule has 0 spiro atoms. The lowest BCUT2D eigenvalue weighted by Gasteiger charge is -2.17. The average Bonchev–Trinajstić information content (AvgIpc) is 2.88. The predicted molar refractivity (Wildman–Crippen MR) is 129 cm³/mol. The lowest BCUT2D eigenvalue weighted by Crippen LogP contribution is -2.28. The standard InChI is InChI=1S/C28H25F2NO4/c1-2-34-28(33)26(23(27(29)30)18-24(32)35-19-20-12-6-3-7-13-20)31-25(21-14-8-4-9-15-21)22-16-10-5-11-17-22/h3-17,26H,2,18-19H2,1H3. The molecule has 3 aromatic carbocycles. The first-order valence-corrected chi connectivity index (χ1v) is 11.1. The first-order valence-electron chi connectivity index (χ1n) is 11.1. The van der Waals surface area contributed by atoms with Crippen molar-refractivity contribution in [2.75, 3.05) is 6.61 Å². The maximum Gasteiger partial charge on any atom is 0.335 e. The molecule has 180 valence electrons. The zero-order valence-corrected chi connectivity index (χ0v) is 19.2. The van der Waals surface area contributed by atoms with Gasteiger partial charge in [-0.1, -0.05) is 91.0 Å². The number of carbonyl (C=O) groups excluding carboxylic acids is 2. The zero-order valence-electron chi connectivity index (χ0n) is 19.2. The summed E-state index contributed by atoms with van der Waals surface area (Å²) in [7, 11) is 0. The van der Waals surface area contributed by atoms with Gasteiger partial charge in [-0.3, -0.25) is 9.79 Å². The molecule has 0 N–H and O–H groups in total. The fourth-order valence-corrected chi connectivity index (χ4v) is 3.34. The van der Waals surface area contributed by atoms with Crippen molar-refractivity contribution in [3.05, 3.63) is 119 Å². The number of hydrogen-bond donors (Lipinski definition) is 0. The SMILES string of the molecule is CCOC(=O)C(N=C(c1ccccc1)c1ccccc1)C(CC(=O)OCc1ccccc1)=C(F)F. The summed E-state index contributed by atoms with van der Waals surface area (Å²) in [6, 6.07) is 24.9. The van der Waals surface area contributed by atoms with E-state index in [1.54, 1.807) is 79.7 Å². The molecule has 0 aromatic heterocycles. The first-order chi connectivity index (χ1) is 17.0. The van der Waals surface area contributed by atoms with Crippen LogP contribution in [0.4, 0.5) is 8.78 Å². The highest BCUT2D eigenvalue weighted by Gasteiger charge is 2.31. The van der Waals surface area contributed by atoms with Crippen LogP contribution in [0.2, 0.25) is 0 Å². The minimum absolute atomic E-state index is 0.0313. The molecule has 0 radical (unpaired) electrons. The van der Waals surface area contributed by atoms with E-state index in [9.17, 15) is 18.4 Å². The maximum absolute atomic E-state index is 14.1. The van der Waals surface area contributed by atoms with Crippen LogP contribution in [0.1, 0.15) is 30.0 Å². The van der Waals surface area contributed by atoms with E-state index >= 15 is 0 Å². The van der Waals surface area contributed by atoms with Gasteiger partial charge in [-0.2, -0.15) is 8.78 Å². The molecule has 3 aromatic rings. The van der Waals surface area contributed by atoms with Crippen LogP contribution < -0.4 is 0 Å². The van der Waals surface area contributed by atoms with Gasteiger partial charge in [-0.25, -0.2) is 4.79 Å². The molecule has 0 heterocycles. The quantitative estimate of drug-likeness (QED) is 0.276. The number of hydrogen-bond acceptors (Lipinski definition) is 5. The van der Waals surface area contributed by atoms with Crippen LogP contribution in [-0.4, -0.2) is 30.3 Å². The van der Waals surface area contributed by atoms with Crippen molar-refractivity contribution in [2.45, 2.75) is 26.0 Å². The molecule has 0 saturated carbocycles. The summed E-state index contributed by atoms with van der Waals surface area (Å²) in [4.78, 5) is 29.7. The number of benzene rings is 3. The Bertz CT molecular complexity index is 1130. The van der Waals surface area contributed by atoms with E-state index in [0.29, 0.717) is 22.4 Å². The number of aliphatic imine (C=N–C) groups is 1. The molecule has 0 saturated heterocycles. The second-order valence-corrected chi connectivity index (χ2v) is 7.47. The molecule has 1 unspecified atom stereocenters. The first kappa shape index (κ1) is 25.5. The van der Waals surface area contributed by atoms with E-state index in [1.807, 2.05) is 18.2 Å². The maximum atomic E-state index is 14.1. The van der Waals surface area contributed by atoms with E-state index in [1.165, 1.54) is 0 Å². The van der Waals surface area contributed by atoms with Crippen molar-refractivity contribution in [3.63, 3.8) is 0 Å². The van der Waals surface area contributed by atoms with Crippen LogP contribution in [0.15, 0.2) is 108 Å². The molecule has 5 nitrogen and oxygen atoms in total. The number of ether oxygens (including phenoxy) is 2. The Morgan fingerprint density at radius 2 is 1.31 bits per heavy atom. The summed E-state index contributed by atoms with van der Waals surface area (Å²) in [6.07, 6.45) is -2.98. The number of esters is 2. The van der Waals surface area contributed by atoms with Crippen LogP contribution >= 0.6 is 0 Å². The Morgan fingerprint density at radius 3 is 1.80 bits per heavy atom.